The molecule has 13 nitrogen and oxygen atoms in total. The average Bonchev–Trinajstić information content (AvgIpc) is 3.05. The minimum absolute atomic E-state index is 0.0130. The van der Waals surface area contributed by atoms with E-state index in [0.29, 0.717) is 45.8 Å². The van der Waals surface area contributed by atoms with Crippen molar-refractivity contribution in [3.63, 3.8) is 0 Å². The van der Waals surface area contributed by atoms with Crippen LogP contribution in [0.15, 0.2) is 0 Å². The number of ketones is 1. The normalized spacial score (nSPS) is 12.4. The molecule has 49 heavy (non-hydrogen) atoms. The Morgan fingerprint density at radius 1 is 0.673 bits per heavy atom. The third kappa shape index (κ3) is 35.0. The number of unbranched alkanes of at least 4 members (excludes halogenated alkanes) is 12. The van der Waals surface area contributed by atoms with E-state index in [2.05, 4.69) is 10.6 Å². The summed E-state index contributed by atoms with van der Waals surface area (Å²) in [5, 5.41) is 33.5. The molecule has 0 heterocycles. The van der Waals surface area contributed by atoms with Gasteiger partial charge in [0, 0.05) is 63.8 Å². The molecule has 0 aromatic carbocycles. The van der Waals surface area contributed by atoms with E-state index in [9.17, 15) is 34.2 Å². The first-order valence-electron chi connectivity index (χ1n) is 18.8. The zero-order valence-electron chi connectivity index (χ0n) is 30.4. The van der Waals surface area contributed by atoms with Gasteiger partial charge in [0.05, 0.1) is 19.6 Å². The van der Waals surface area contributed by atoms with Gasteiger partial charge in [-0.2, -0.15) is 0 Å². The Balaban J connectivity index is 3.41. The number of aliphatic hydroxyl groups excluding tert-OH is 2. The maximum absolute atomic E-state index is 12.0. The maximum Gasteiger partial charge on any atom is 0.515 e. The summed E-state index contributed by atoms with van der Waals surface area (Å²) in [6, 6.07) is -0.989. The Kier molecular flexibility index (Phi) is 32.1. The summed E-state index contributed by atoms with van der Waals surface area (Å²) in [7, 11) is 0. The second-order valence-electron chi connectivity index (χ2n) is 13.0. The number of aliphatic hydroxyl groups is 1. The van der Waals surface area contributed by atoms with E-state index in [1.807, 2.05) is 5.32 Å². The molecule has 2 atom stereocenters. The zero-order chi connectivity index (χ0) is 36.4. The number of ether oxygens (including phenoxy) is 2. The van der Waals surface area contributed by atoms with Crippen molar-refractivity contribution in [3.05, 3.63) is 0 Å². The third-order valence-electron chi connectivity index (χ3n) is 8.22. The van der Waals surface area contributed by atoms with Gasteiger partial charge >= 0.3 is 11.9 Å². The lowest BCUT2D eigenvalue weighted by molar-refractivity contribution is -0.725. The summed E-state index contributed by atoms with van der Waals surface area (Å²) >= 11 is 0. The molecule has 0 aromatic heterocycles. The van der Waals surface area contributed by atoms with E-state index in [1.165, 1.54) is 64.7 Å². The Morgan fingerprint density at radius 3 is 1.73 bits per heavy atom. The standard InChI is InChI=1S/C36H67N3O10/c1-30(40)20-21-31(36(46)47)39-34(43)23-22-33(42)38-25-17-29-49-27-15-14-26-48-28-16-24-37-32(41)18-12-10-8-6-4-2-3-5-7-9-11-13-19-35(44)45/h31-32,37,41H,2-29H2,1H3,(H,38,42)(H,39,43)(H,44,45)(H,46,47)/p+4. The molecule has 0 radical (unpaired) electrons. The number of carboxylic acids is 1. The number of nitrogens with two attached hydrogens (primary N) is 1. The van der Waals surface area contributed by atoms with E-state index >= 15 is 0 Å². The number of hydrogen-bond acceptors (Lipinski definition) is 6. The molecular formula is C36H71N3O10+4. The van der Waals surface area contributed by atoms with Gasteiger partial charge in [-0.1, -0.05) is 64.2 Å². The molecule has 0 aromatic rings. The van der Waals surface area contributed by atoms with E-state index in [-0.39, 0.29) is 43.6 Å². The van der Waals surface area contributed by atoms with Crippen molar-refractivity contribution in [1.82, 2.24) is 10.6 Å². The molecule has 0 aliphatic heterocycles. The van der Waals surface area contributed by atoms with Crippen LogP contribution in [0.1, 0.15) is 148 Å². The molecular weight excluding hydrogens is 634 g/mol. The van der Waals surface area contributed by atoms with Crippen molar-refractivity contribution in [3.8, 4) is 0 Å². The first kappa shape index (κ1) is 46.4. The summed E-state index contributed by atoms with van der Waals surface area (Å²) in [5.41, 5.74) is 0. The lowest BCUT2D eigenvalue weighted by atomic mass is 10.0. The minimum Gasteiger partial charge on any atom is -0.565 e. The highest BCUT2D eigenvalue weighted by Crippen LogP contribution is 2.13. The Bertz CT molecular complexity index is 874. The van der Waals surface area contributed by atoms with Crippen molar-refractivity contribution in [1.29, 1.82) is 0 Å². The highest BCUT2D eigenvalue weighted by Gasteiger charge is 2.26. The molecule has 0 rings (SSSR count). The lowest BCUT2D eigenvalue weighted by Crippen LogP contribution is -2.90. The Labute approximate surface area is 294 Å². The summed E-state index contributed by atoms with van der Waals surface area (Å²) < 4.78 is 11.3. The number of carboxylic acid groups (broad SMARTS) is 1. The van der Waals surface area contributed by atoms with Gasteiger partial charge in [0.25, 0.3) is 5.78 Å². The van der Waals surface area contributed by atoms with Crippen LogP contribution in [0, 0.1) is 0 Å². The monoisotopic (exact) mass is 706 g/mol. The quantitative estimate of drug-likeness (QED) is 0.0370. The molecule has 0 bridgehead atoms. The van der Waals surface area contributed by atoms with Crippen LogP contribution in [0.2, 0.25) is 0 Å². The van der Waals surface area contributed by atoms with Gasteiger partial charge in [-0.15, -0.1) is 0 Å². The fraction of sp³-hybridized carbons (Fsp3) is 0.861. The van der Waals surface area contributed by atoms with E-state index in [1.54, 1.807) is 0 Å². The van der Waals surface area contributed by atoms with Gasteiger partial charge in [0.1, 0.15) is 6.42 Å². The van der Waals surface area contributed by atoms with Gasteiger partial charge in [0.15, 0.2) is 12.3 Å². The molecule has 2 amide bonds. The third-order valence-corrected chi connectivity index (χ3v) is 8.22. The van der Waals surface area contributed by atoms with Gasteiger partial charge < -0.3 is 45.5 Å². The second kappa shape index (κ2) is 33.9. The summed E-state index contributed by atoms with van der Waals surface area (Å²) in [5.74, 6) is -1.99. The number of nitrogens with one attached hydrogen (secondary N) is 2. The van der Waals surface area contributed by atoms with E-state index < -0.39 is 23.9 Å². The number of quaternary nitrogens is 1. The van der Waals surface area contributed by atoms with E-state index in [4.69, 9.17) is 14.6 Å². The van der Waals surface area contributed by atoms with Crippen LogP contribution in [0.3, 0.4) is 0 Å². The largest absolute Gasteiger partial charge is 0.565 e. The van der Waals surface area contributed by atoms with Crippen LogP contribution in [-0.2, 0) is 23.9 Å². The van der Waals surface area contributed by atoms with Crippen molar-refractivity contribution < 1.29 is 54.1 Å². The fourth-order valence-electron chi connectivity index (χ4n) is 5.24. The van der Waals surface area contributed by atoms with Crippen LogP contribution < -0.4 is 16.0 Å². The number of rotatable bonds is 37. The molecule has 0 aliphatic carbocycles. The molecule has 10 N–H and O–H groups in total. The number of aliphatic carboxylic acids is 1. The van der Waals surface area contributed by atoms with Crippen LogP contribution in [0.4, 0.5) is 0 Å². The Morgan fingerprint density at radius 2 is 1.18 bits per heavy atom. The van der Waals surface area contributed by atoms with Crippen molar-refractivity contribution in [2.75, 3.05) is 39.5 Å². The molecule has 0 fully saturated rings. The van der Waals surface area contributed by atoms with Gasteiger partial charge in [-0.05, 0) is 38.5 Å². The smallest absolute Gasteiger partial charge is 0.515 e. The molecule has 13 heteroatoms. The highest BCUT2D eigenvalue weighted by atomic mass is 16.5. The number of amides is 2. The highest BCUT2D eigenvalue weighted by molar-refractivity contribution is 5.87. The first-order valence-corrected chi connectivity index (χ1v) is 18.8. The fourth-order valence-corrected chi connectivity index (χ4v) is 5.24. The van der Waals surface area contributed by atoms with E-state index in [0.717, 1.165) is 51.5 Å². The minimum atomic E-state index is -0.989. The molecule has 0 saturated heterocycles. The van der Waals surface area contributed by atoms with Gasteiger partial charge in [-0.3, -0.25) is 14.4 Å². The predicted octanol–water partition coefficient (Wildman–Crippen LogP) is 2.96. The van der Waals surface area contributed by atoms with Crippen molar-refractivity contribution in [2.24, 2.45) is 0 Å². The van der Waals surface area contributed by atoms with Crippen molar-refractivity contribution >= 4 is 29.5 Å². The zero-order valence-corrected chi connectivity index (χ0v) is 30.4. The van der Waals surface area contributed by atoms with Gasteiger partial charge in [-0.25, -0.2) is 0 Å². The van der Waals surface area contributed by atoms with Gasteiger partial charge in [0.2, 0.25) is 11.8 Å². The number of carbonyl (C=O) groups is 3. The topological polar surface area (TPSA) is 216 Å². The molecule has 0 aliphatic rings. The summed E-state index contributed by atoms with van der Waals surface area (Å²) in [6.07, 6.45) is 18.8. The van der Waals surface area contributed by atoms with Crippen molar-refractivity contribution in [2.45, 2.75) is 160 Å². The second-order valence-corrected chi connectivity index (χ2v) is 13.0. The van der Waals surface area contributed by atoms with Crippen LogP contribution in [-0.4, -0.2) is 106 Å². The SMILES string of the molecule is CC(=[OH+])CCC(NC(=O)CCC(=O)NCCCOCCCCOCCC[NH2+]C(O)CCCCCCCCCCCCCCC(=O)[OH2+])C(O)=[OH+]. The Hall–Kier alpha value is -2.61. The van der Waals surface area contributed by atoms with Crippen LogP contribution in [0.25, 0.3) is 0 Å². The molecule has 0 spiro atoms. The molecule has 2 unspecified atom stereocenters. The predicted molar refractivity (Wildman–Crippen MR) is 192 cm³/mol. The first-order chi connectivity index (χ1) is 23.6. The number of carbonyl (C=O) groups excluding carboxylic acids is 4. The average molecular weight is 706 g/mol. The molecule has 0 saturated carbocycles. The van der Waals surface area contributed by atoms with Crippen LogP contribution in [0.5, 0.6) is 0 Å². The molecule has 286 valence electrons. The summed E-state index contributed by atoms with van der Waals surface area (Å²) in [4.78, 5) is 53.1. The summed E-state index contributed by atoms with van der Waals surface area (Å²) in [6.45, 7) is 5.31. The lowest BCUT2D eigenvalue weighted by Gasteiger charge is -2.10. The number of hydrogen-bond donors (Lipinski definition) is 5. The van der Waals surface area contributed by atoms with Crippen LogP contribution >= 0.6 is 0 Å². The maximum atomic E-state index is 12.0.